The standard InChI is InChI=1S/C32H39ClN4O3/c1-30(2)28(31(3,4)29(30)40-22-6-5-20(18-34)24(33)17-22)37-19-25-23(27(37)39)7-8-26(35-25)36-15-13-32(14-16-36)11-9-21(38)10-12-32/h5-8,17,21,28-29,38H,9-16,19H2,1-4H3. The Bertz CT molecular complexity index is 1350. The fraction of sp³-hybridized carbons (Fsp3) is 0.594. The summed E-state index contributed by atoms with van der Waals surface area (Å²) < 4.78 is 6.45. The molecule has 0 unspecified atom stereocenters. The van der Waals surface area contributed by atoms with E-state index in [1.54, 1.807) is 18.2 Å². The molecule has 1 saturated heterocycles. The summed E-state index contributed by atoms with van der Waals surface area (Å²) in [7, 11) is 0. The molecule has 1 amide bonds. The highest BCUT2D eigenvalue weighted by atomic mass is 35.5. The van der Waals surface area contributed by atoms with Crippen LogP contribution in [0.1, 0.15) is 87.8 Å². The number of piperidine rings is 1. The van der Waals surface area contributed by atoms with E-state index in [0.717, 1.165) is 63.1 Å². The van der Waals surface area contributed by atoms with Gasteiger partial charge in [0.15, 0.2) is 0 Å². The number of anilines is 1. The van der Waals surface area contributed by atoms with E-state index in [1.807, 2.05) is 17.0 Å². The van der Waals surface area contributed by atoms with Crippen molar-refractivity contribution >= 4 is 23.3 Å². The summed E-state index contributed by atoms with van der Waals surface area (Å²) >= 11 is 6.26. The maximum Gasteiger partial charge on any atom is 0.256 e. The summed E-state index contributed by atoms with van der Waals surface area (Å²) in [5.41, 5.74) is 1.75. The lowest BCUT2D eigenvalue weighted by Gasteiger charge is -2.65. The van der Waals surface area contributed by atoms with E-state index in [4.69, 9.17) is 21.3 Å². The van der Waals surface area contributed by atoms with Crippen molar-refractivity contribution in [3.05, 3.63) is 52.2 Å². The van der Waals surface area contributed by atoms with Gasteiger partial charge in [-0.2, -0.15) is 5.26 Å². The monoisotopic (exact) mass is 562 g/mol. The second-order valence-corrected chi connectivity index (χ2v) is 14.0. The average Bonchev–Trinajstić information content (AvgIpc) is 3.23. The van der Waals surface area contributed by atoms with Crippen molar-refractivity contribution in [2.75, 3.05) is 18.0 Å². The fourth-order valence-electron chi connectivity index (χ4n) is 8.51. The number of benzene rings is 1. The minimum Gasteiger partial charge on any atom is -0.489 e. The predicted octanol–water partition coefficient (Wildman–Crippen LogP) is 5.97. The van der Waals surface area contributed by atoms with Gasteiger partial charge in [0.25, 0.3) is 5.91 Å². The number of aliphatic hydroxyl groups excluding tert-OH is 1. The van der Waals surface area contributed by atoms with Crippen LogP contribution < -0.4 is 9.64 Å². The number of amides is 1. The Kier molecular flexibility index (Phi) is 6.59. The number of halogens is 1. The van der Waals surface area contributed by atoms with E-state index >= 15 is 0 Å². The van der Waals surface area contributed by atoms with Gasteiger partial charge in [0.2, 0.25) is 0 Å². The van der Waals surface area contributed by atoms with Crippen molar-refractivity contribution < 1.29 is 14.6 Å². The molecular weight excluding hydrogens is 524 g/mol. The lowest BCUT2D eigenvalue weighted by molar-refractivity contribution is -0.199. The third-order valence-electron chi connectivity index (χ3n) is 10.3. The summed E-state index contributed by atoms with van der Waals surface area (Å²) in [6.07, 6.45) is 6.11. The summed E-state index contributed by atoms with van der Waals surface area (Å²) in [4.78, 5) is 23.0. The molecule has 0 radical (unpaired) electrons. The Morgan fingerprint density at radius 1 is 1.05 bits per heavy atom. The van der Waals surface area contributed by atoms with Crippen LogP contribution in [0.3, 0.4) is 0 Å². The van der Waals surface area contributed by atoms with Crippen LogP contribution in [0, 0.1) is 27.6 Å². The maximum atomic E-state index is 13.7. The number of aromatic nitrogens is 1. The first-order chi connectivity index (χ1) is 18.9. The topological polar surface area (TPSA) is 89.7 Å². The molecule has 2 aliphatic carbocycles. The lowest BCUT2D eigenvalue weighted by atomic mass is 9.49. The Morgan fingerprint density at radius 3 is 2.35 bits per heavy atom. The van der Waals surface area contributed by atoms with Crippen molar-refractivity contribution in [3.63, 3.8) is 0 Å². The summed E-state index contributed by atoms with van der Waals surface area (Å²) in [5.74, 6) is 1.63. The molecule has 1 spiro atoms. The summed E-state index contributed by atoms with van der Waals surface area (Å²) in [6.45, 7) is 11.1. The molecule has 4 aliphatic rings. The average molecular weight is 563 g/mol. The van der Waals surface area contributed by atoms with E-state index in [2.05, 4.69) is 38.7 Å². The number of nitriles is 1. The van der Waals surface area contributed by atoms with E-state index in [-0.39, 0.29) is 35.0 Å². The number of pyridine rings is 1. The molecule has 1 aromatic heterocycles. The van der Waals surface area contributed by atoms with Crippen molar-refractivity contribution in [2.45, 2.75) is 91.0 Å². The van der Waals surface area contributed by atoms with Crippen LogP contribution in [0.5, 0.6) is 5.75 Å². The highest BCUT2D eigenvalue weighted by Gasteiger charge is 2.67. The minimum absolute atomic E-state index is 0.0273. The summed E-state index contributed by atoms with van der Waals surface area (Å²) in [5, 5.41) is 19.5. The molecule has 8 heteroatoms. The van der Waals surface area contributed by atoms with Crippen LogP contribution in [0.2, 0.25) is 5.02 Å². The van der Waals surface area contributed by atoms with Crippen molar-refractivity contribution in [1.82, 2.24) is 9.88 Å². The highest BCUT2D eigenvalue weighted by Crippen LogP contribution is 2.59. The van der Waals surface area contributed by atoms with Crippen LogP contribution in [0.4, 0.5) is 5.82 Å². The second kappa shape index (κ2) is 9.63. The zero-order valence-corrected chi connectivity index (χ0v) is 24.7. The van der Waals surface area contributed by atoms with Gasteiger partial charge in [-0.25, -0.2) is 4.98 Å². The molecule has 2 aromatic rings. The molecule has 3 heterocycles. The van der Waals surface area contributed by atoms with E-state index in [0.29, 0.717) is 33.9 Å². The molecule has 2 saturated carbocycles. The highest BCUT2D eigenvalue weighted by molar-refractivity contribution is 6.31. The molecule has 0 atom stereocenters. The van der Waals surface area contributed by atoms with Gasteiger partial charge in [0, 0.05) is 36.0 Å². The van der Waals surface area contributed by atoms with Gasteiger partial charge in [-0.05, 0) is 68.2 Å². The number of nitrogens with zero attached hydrogens (tertiary/aromatic N) is 4. The Labute approximate surface area is 242 Å². The second-order valence-electron chi connectivity index (χ2n) is 13.6. The molecule has 1 N–H and O–H groups in total. The van der Waals surface area contributed by atoms with Gasteiger partial charge in [-0.3, -0.25) is 4.79 Å². The fourth-order valence-corrected chi connectivity index (χ4v) is 8.73. The largest absolute Gasteiger partial charge is 0.489 e. The first-order valence-corrected chi connectivity index (χ1v) is 14.9. The van der Waals surface area contributed by atoms with E-state index in [9.17, 15) is 15.2 Å². The van der Waals surface area contributed by atoms with Crippen molar-refractivity contribution in [2.24, 2.45) is 16.2 Å². The molecule has 212 valence electrons. The third kappa shape index (κ3) is 4.35. The van der Waals surface area contributed by atoms with E-state index in [1.165, 1.54) is 0 Å². The molecule has 3 fully saturated rings. The maximum absolute atomic E-state index is 13.7. The SMILES string of the molecule is CC1(C)C(Oc2ccc(C#N)c(Cl)c2)C(C)(C)C1N1Cc2nc(N3CCC4(CCC(O)CC4)CC3)ccc2C1=O. The van der Waals surface area contributed by atoms with Crippen LogP contribution >= 0.6 is 11.6 Å². The molecule has 40 heavy (non-hydrogen) atoms. The minimum atomic E-state index is -0.306. The van der Waals surface area contributed by atoms with Crippen LogP contribution in [0.15, 0.2) is 30.3 Å². The molecule has 2 aliphatic heterocycles. The van der Waals surface area contributed by atoms with Crippen molar-refractivity contribution in [3.8, 4) is 11.8 Å². The number of hydrogen-bond acceptors (Lipinski definition) is 6. The molecule has 0 bridgehead atoms. The van der Waals surface area contributed by atoms with Gasteiger partial charge < -0.3 is 19.6 Å². The quantitative estimate of drug-likeness (QED) is 0.494. The Balaban J connectivity index is 1.15. The number of aliphatic hydroxyl groups is 1. The van der Waals surface area contributed by atoms with Gasteiger partial charge in [0.1, 0.15) is 23.7 Å². The van der Waals surface area contributed by atoms with Crippen molar-refractivity contribution in [1.29, 1.82) is 5.26 Å². The van der Waals surface area contributed by atoms with Crippen LogP contribution in [-0.4, -0.2) is 52.2 Å². The molecule has 1 aromatic carbocycles. The molecular formula is C32H39ClN4O3. The van der Waals surface area contributed by atoms with Gasteiger partial charge in [-0.1, -0.05) is 39.3 Å². The zero-order chi connectivity index (χ0) is 28.4. The molecule has 6 rings (SSSR count). The molecule has 7 nitrogen and oxygen atoms in total. The van der Waals surface area contributed by atoms with Gasteiger partial charge in [-0.15, -0.1) is 0 Å². The Morgan fingerprint density at radius 2 is 1.73 bits per heavy atom. The summed E-state index contributed by atoms with van der Waals surface area (Å²) in [6, 6.07) is 11.2. The van der Waals surface area contributed by atoms with Gasteiger partial charge >= 0.3 is 0 Å². The number of fused-ring (bicyclic) bond motifs is 1. The number of rotatable bonds is 4. The number of carbonyl (C=O) groups excluding carboxylic acids is 1. The normalized spacial score (nSPS) is 26.8. The van der Waals surface area contributed by atoms with Crippen LogP contribution in [0.25, 0.3) is 0 Å². The third-order valence-corrected chi connectivity index (χ3v) is 10.6. The van der Waals surface area contributed by atoms with Crippen LogP contribution in [-0.2, 0) is 6.54 Å². The lowest BCUT2D eigenvalue weighted by Crippen LogP contribution is -2.74. The van der Waals surface area contributed by atoms with E-state index < -0.39 is 0 Å². The number of ether oxygens (including phenoxy) is 1. The predicted molar refractivity (Wildman–Crippen MR) is 154 cm³/mol. The van der Waals surface area contributed by atoms with Gasteiger partial charge in [0.05, 0.1) is 34.5 Å². The Hall–Kier alpha value is -2.82. The number of carbonyl (C=O) groups is 1. The smallest absolute Gasteiger partial charge is 0.256 e. The first-order valence-electron chi connectivity index (χ1n) is 14.6. The zero-order valence-electron chi connectivity index (χ0n) is 23.9. The number of hydrogen-bond donors (Lipinski definition) is 1. The first kappa shape index (κ1) is 27.4.